The molecule has 1 saturated carbocycles. The van der Waals surface area contributed by atoms with E-state index >= 15 is 0 Å². The van der Waals surface area contributed by atoms with Gasteiger partial charge in [-0.15, -0.1) is 0 Å². The minimum absolute atomic E-state index is 0.410. The van der Waals surface area contributed by atoms with Crippen molar-refractivity contribution < 1.29 is 4.74 Å². The number of hydrogen-bond acceptors (Lipinski definition) is 2. The van der Waals surface area contributed by atoms with Crippen LogP contribution in [0.2, 0.25) is 0 Å². The van der Waals surface area contributed by atoms with Crippen LogP contribution in [0.4, 0.5) is 0 Å². The molecule has 1 unspecified atom stereocenters. The number of ether oxygens (including phenoxy) is 1. The molecule has 2 rings (SSSR count). The van der Waals surface area contributed by atoms with Crippen LogP contribution in [0.5, 0.6) is 5.75 Å². The lowest BCUT2D eigenvalue weighted by atomic mass is 9.83. The van der Waals surface area contributed by atoms with Gasteiger partial charge in [0.2, 0.25) is 0 Å². The predicted molar refractivity (Wildman–Crippen MR) is 83.7 cm³/mol. The van der Waals surface area contributed by atoms with Crippen LogP contribution in [-0.4, -0.2) is 14.2 Å². The Morgan fingerprint density at radius 2 is 2.05 bits per heavy atom. The average Bonchev–Trinajstić information content (AvgIpc) is 2.47. The number of benzene rings is 1. The van der Waals surface area contributed by atoms with Gasteiger partial charge in [-0.1, -0.05) is 48.0 Å². The lowest BCUT2D eigenvalue weighted by Crippen LogP contribution is -2.21. The predicted octanol–water partition coefficient (Wildman–Crippen LogP) is 4.69. The second-order valence-corrected chi connectivity index (χ2v) is 6.32. The summed E-state index contributed by atoms with van der Waals surface area (Å²) < 4.78 is 6.52. The van der Waals surface area contributed by atoms with Crippen LogP contribution >= 0.6 is 15.9 Å². The monoisotopic (exact) mass is 325 g/mol. The Morgan fingerprint density at radius 3 is 2.68 bits per heavy atom. The molecule has 0 aliphatic heterocycles. The first-order valence-electron chi connectivity index (χ1n) is 7.25. The van der Waals surface area contributed by atoms with Gasteiger partial charge < -0.3 is 10.1 Å². The molecule has 1 aromatic carbocycles. The summed E-state index contributed by atoms with van der Waals surface area (Å²) in [6, 6.07) is 6.64. The van der Waals surface area contributed by atoms with Crippen LogP contribution in [0.15, 0.2) is 22.7 Å². The maximum absolute atomic E-state index is 5.35. The fraction of sp³-hybridized carbons (Fsp3) is 0.625. The molecule has 0 bridgehead atoms. The molecule has 0 amide bonds. The van der Waals surface area contributed by atoms with E-state index in [1.165, 1.54) is 48.6 Å². The molecule has 1 fully saturated rings. The van der Waals surface area contributed by atoms with Crippen LogP contribution in [0.1, 0.15) is 50.1 Å². The van der Waals surface area contributed by atoms with Gasteiger partial charge in [-0.25, -0.2) is 0 Å². The van der Waals surface area contributed by atoms with Crippen LogP contribution in [0.25, 0.3) is 0 Å². The van der Waals surface area contributed by atoms with E-state index in [1.807, 2.05) is 6.07 Å². The molecule has 2 nitrogen and oxygen atoms in total. The van der Waals surface area contributed by atoms with Crippen molar-refractivity contribution in [2.24, 2.45) is 5.92 Å². The molecule has 1 aliphatic carbocycles. The van der Waals surface area contributed by atoms with E-state index in [4.69, 9.17) is 4.74 Å². The highest BCUT2D eigenvalue weighted by atomic mass is 79.9. The summed E-state index contributed by atoms with van der Waals surface area (Å²) in [4.78, 5) is 0. The molecule has 0 spiro atoms. The molecular weight excluding hydrogens is 302 g/mol. The quantitative estimate of drug-likeness (QED) is 0.848. The zero-order chi connectivity index (χ0) is 13.7. The second kappa shape index (κ2) is 7.30. The van der Waals surface area contributed by atoms with E-state index < -0.39 is 0 Å². The normalized spacial score (nSPS) is 18.3. The molecular formula is C16H24BrNO. The second-order valence-electron chi connectivity index (χ2n) is 5.47. The Bertz CT molecular complexity index is 402. The van der Waals surface area contributed by atoms with Gasteiger partial charge >= 0.3 is 0 Å². The molecule has 1 N–H and O–H groups in total. The van der Waals surface area contributed by atoms with Gasteiger partial charge in [0.05, 0.1) is 7.11 Å². The fourth-order valence-electron chi connectivity index (χ4n) is 3.07. The van der Waals surface area contributed by atoms with Gasteiger partial charge in [0, 0.05) is 10.5 Å². The van der Waals surface area contributed by atoms with Gasteiger partial charge in [0.1, 0.15) is 5.75 Å². The van der Waals surface area contributed by atoms with Crippen molar-refractivity contribution >= 4 is 15.9 Å². The minimum Gasteiger partial charge on any atom is -0.497 e. The molecule has 1 atom stereocenters. The summed E-state index contributed by atoms with van der Waals surface area (Å²) in [5, 5.41) is 3.47. The first kappa shape index (κ1) is 14.9. The Labute approximate surface area is 125 Å². The highest BCUT2D eigenvalue weighted by molar-refractivity contribution is 9.10. The first-order chi connectivity index (χ1) is 9.24. The van der Waals surface area contributed by atoms with Gasteiger partial charge in [0.15, 0.2) is 0 Å². The van der Waals surface area contributed by atoms with E-state index in [2.05, 4.69) is 40.4 Å². The van der Waals surface area contributed by atoms with Crippen molar-refractivity contribution in [1.29, 1.82) is 0 Å². The highest BCUT2D eigenvalue weighted by Gasteiger charge is 2.21. The maximum Gasteiger partial charge on any atom is 0.119 e. The van der Waals surface area contributed by atoms with Crippen molar-refractivity contribution in [3.63, 3.8) is 0 Å². The molecule has 3 heteroatoms. The van der Waals surface area contributed by atoms with E-state index in [-0.39, 0.29) is 0 Å². The Hall–Kier alpha value is -0.540. The summed E-state index contributed by atoms with van der Waals surface area (Å²) in [6.45, 7) is 0. The lowest BCUT2D eigenvalue weighted by molar-refractivity contribution is 0.305. The molecule has 1 aliphatic rings. The van der Waals surface area contributed by atoms with Crippen molar-refractivity contribution in [2.45, 2.75) is 44.6 Å². The summed E-state index contributed by atoms with van der Waals surface area (Å²) >= 11 is 3.67. The summed E-state index contributed by atoms with van der Waals surface area (Å²) in [5.74, 6) is 1.80. The first-order valence-corrected chi connectivity index (χ1v) is 8.04. The smallest absolute Gasteiger partial charge is 0.119 e. The Kier molecular flexibility index (Phi) is 5.71. The van der Waals surface area contributed by atoms with Crippen LogP contribution < -0.4 is 10.1 Å². The third kappa shape index (κ3) is 3.96. The zero-order valence-corrected chi connectivity index (χ0v) is 13.5. The number of halogens is 1. The molecule has 0 saturated heterocycles. The Morgan fingerprint density at radius 1 is 1.32 bits per heavy atom. The van der Waals surface area contributed by atoms with Crippen LogP contribution in [0.3, 0.4) is 0 Å². The van der Waals surface area contributed by atoms with Crippen molar-refractivity contribution in [3.8, 4) is 5.75 Å². The van der Waals surface area contributed by atoms with Crippen molar-refractivity contribution in [3.05, 3.63) is 28.2 Å². The molecule has 1 aromatic rings. The summed E-state index contributed by atoms with van der Waals surface area (Å²) in [5.41, 5.74) is 1.31. The molecule has 0 heterocycles. The van der Waals surface area contributed by atoms with E-state index in [0.717, 1.165) is 11.7 Å². The standard InChI is InChI=1S/C16H24BrNO/c1-18-16(10-12-6-4-3-5-7-12)14-11-13(19-2)8-9-15(14)17/h8-9,11-12,16,18H,3-7,10H2,1-2H3. The number of nitrogens with one attached hydrogen (secondary N) is 1. The number of rotatable bonds is 5. The van der Waals surface area contributed by atoms with E-state index in [1.54, 1.807) is 7.11 Å². The molecule has 106 valence electrons. The van der Waals surface area contributed by atoms with E-state index in [9.17, 15) is 0 Å². The van der Waals surface area contributed by atoms with Gasteiger partial charge in [-0.2, -0.15) is 0 Å². The zero-order valence-electron chi connectivity index (χ0n) is 11.9. The number of hydrogen-bond donors (Lipinski definition) is 1. The van der Waals surface area contributed by atoms with Gasteiger partial charge in [-0.05, 0) is 43.1 Å². The third-order valence-corrected chi connectivity index (χ3v) is 4.94. The SMILES string of the molecule is CNC(CC1CCCCC1)c1cc(OC)ccc1Br. The summed E-state index contributed by atoms with van der Waals surface area (Å²) in [6.07, 6.45) is 8.23. The van der Waals surface area contributed by atoms with Gasteiger partial charge in [0.25, 0.3) is 0 Å². The Balaban J connectivity index is 2.11. The third-order valence-electron chi connectivity index (χ3n) is 4.22. The number of methoxy groups -OCH3 is 1. The molecule has 19 heavy (non-hydrogen) atoms. The topological polar surface area (TPSA) is 21.3 Å². The molecule has 0 aromatic heterocycles. The van der Waals surface area contributed by atoms with Crippen LogP contribution in [0, 0.1) is 5.92 Å². The minimum atomic E-state index is 0.410. The van der Waals surface area contributed by atoms with Gasteiger partial charge in [-0.3, -0.25) is 0 Å². The highest BCUT2D eigenvalue weighted by Crippen LogP contribution is 2.35. The van der Waals surface area contributed by atoms with E-state index in [0.29, 0.717) is 6.04 Å². The fourth-order valence-corrected chi connectivity index (χ4v) is 3.60. The van der Waals surface area contributed by atoms with Crippen molar-refractivity contribution in [2.75, 3.05) is 14.2 Å². The van der Waals surface area contributed by atoms with Crippen LogP contribution in [-0.2, 0) is 0 Å². The summed E-state index contributed by atoms with van der Waals surface area (Å²) in [7, 11) is 3.78. The lowest BCUT2D eigenvalue weighted by Gasteiger charge is -2.27. The maximum atomic E-state index is 5.35. The molecule has 0 radical (unpaired) electrons. The average molecular weight is 326 g/mol. The largest absolute Gasteiger partial charge is 0.497 e. The van der Waals surface area contributed by atoms with Crippen molar-refractivity contribution in [1.82, 2.24) is 5.32 Å².